The van der Waals surface area contributed by atoms with Crippen molar-refractivity contribution in [1.29, 1.82) is 0 Å². The van der Waals surface area contributed by atoms with E-state index < -0.39 is 10.0 Å². The number of pyridine rings is 1. The van der Waals surface area contributed by atoms with Crippen molar-refractivity contribution in [2.45, 2.75) is 6.54 Å². The van der Waals surface area contributed by atoms with Crippen LogP contribution in [0, 0.1) is 0 Å². The first-order valence-electron chi connectivity index (χ1n) is 8.07. The van der Waals surface area contributed by atoms with Gasteiger partial charge in [0.15, 0.2) is 0 Å². The summed E-state index contributed by atoms with van der Waals surface area (Å²) in [6.45, 7) is 3.40. The maximum Gasteiger partial charge on any atom is 0.211 e. The van der Waals surface area contributed by atoms with Crippen molar-refractivity contribution >= 4 is 26.6 Å². The average molecular weight is 348 g/mol. The Morgan fingerprint density at radius 1 is 1.08 bits per heavy atom. The number of anilines is 1. The van der Waals surface area contributed by atoms with Crippen molar-refractivity contribution < 1.29 is 8.42 Å². The lowest BCUT2D eigenvalue weighted by Crippen LogP contribution is -2.47. The van der Waals surface area contributed by atoms with Crippen molar-refractivity contribution in [3.8, 4) is 0 Å². The SMILES string of the molecule is CN(C)c1ncc(CN2CCN(S(C)(=O)=O)CC2)c2ccccc12. The summed E-state index contributed by atoms with van der Waals surface area (Å²) >= 11 is 0. The van der Waals surface area contributed by atoms with Crippen LogP contribution < -0.4 is 4.90 Å². The third kappa shape index (κ3) is 3.53. The molecule has 1 fully saturated rings. The third-order valence-corrected chi connectivity index (χ3v) is 5.78. The van der Waals surface area contributed by atoms with Crippen molar-refractivity contribution in [3.05, 3.63) is 36.0 Å². The number of aromatic nitrogens is 1. The lowest BCUT2D eigenvalue weighted by molar-refractivity contribution is 0.182. The number of fused-ring (bicyclic) bond motifs is 1. The number of hydrogen-bond acceptors (Lipinski definition) is 5. The van der Waals surface area contributed by atoms with Gasteiger partial charge in [-0.1, -0.05) is 24.3 Å². The van der Waals surface area contributed by atoms with Gasteiger partial charge >= 0.3 is 0 Å². The Hall–Kier alpha value is -1.70. The molecular weight excluding hydrogens is 324 g/mol. The molecule has 2 aromatic rings. The van der Waals surface area contributed by atoms with Crippen LogP contribution in [0.15, 0.2) is 30.5 Å². The highest BCUT2D eigenvalue weighted by molar-refractivity contribution is 7.88. The second-order valence-electron chi connectivity index (χ2n) is 6.49. The van der Waals surface area contributed by atoms with Crippen LogP contribution in [0.1, 0.15) is 5.56 Å². The Kier molecular flexibility index (Phi) is 4.76. The van der Waals surface area contributed by atoms with Crippen LogP contribution in [0.3, 0.4) is 0 Å². The fourth-order valence-electron chi connectivity index (χ4n) is 3.18. The molecule has 0 N–H and O–H groups in total. The molecule has 6 nitrogen and oxygen atoms in total. The van der Waals surface area contributed by atoms with Crippen molar-refractivity contribution in [3.63, 3.8) is 0 Å². The first-order chi connectivity index (χ1) is 11.4. The normalized spacial score (nSPS) is 17.3. The van der Waals surface area contributed by atoms with Gasteiger partial charge in [-0.2, -0.15) is 4.31 Å². The van der Waals surface area contributed by atoms with Crippen LogP contribution in [0.25, 0.3) is 10.8 Å². The highest BCUT2D eigenvalue weighted by Gasteiger charge is 2.23. The molecule has 0 bridgehead atoms. The number of sulfonamides is 1. The maximum atomic E-state index is 11.6. The number of nitrogens with zero attached hydrogens (tertiary/aromatic N) is 4. The predicted octanol–water partition coefficient (Wildman–Crippen LogP) is 1.38. The van der Waals surface area contributed by atoms with Crippen LogP contribution in [-0.4, -0.2) is 69.1 Å². The van der Waals surface area contributed by atoms with Crippen LogP contribution in [-0.2, 0) is 16.6 Å². The van der Waals surface area contributed by atoms with Crippen molar-refractivity contribution in [1.82, 2.24) is 14.2 Å². The fourth-order valence-corrected chi connectivity index (χ4v) is 4.01. The molecule has 3 rings (SSSR count). The third-order valence-electron chi connectivity index (χ3n) is 4.47. The van der Waals surface area contributed by atoms with Crippen LogP contribution in [0.5, 0.6) is 0 Å². The topological polar surface area (TPSA) is 56.8 Å². The van der Waals surface area contributed by atoms with Gasteiger partial charge in [0.2, 0.25) is 10.0 Å². The van der Waals surface area contributed by atoms with E-state index in [1.807, 2.05) is 37.3 Å². The number of rotatable bonds is 4. The highest BCUT2D eigenvalue weighted by Crippen LogP contribution is 2.27. The Morgan fingerprint density at radius 2 is 1.71 bits per heavy atom. The molecular formula is C17H24N4O2S. The molecule has 2 heterocycles. The minimum absolute atomic E-state index is 0.556. The quantitative estimate of drug-likeness (QED) is 0.835. The van der Waals surface area contributed by atoms with Gasteiger partial charge in [-0.25, -0.2) is 13.4 Å². The van der Waals surface area contributed by atoms with Crippen molar-refractivity contribution in [2.75, 3.05) is 51.4 Å². The largest absolute Gasteiger partial charge is 0.362 e. The summed E-state index contributed by atoms with van der Waals surface area (Å²) in [5, 5.41) is 2.36. The molecule has 0 spiro atoms. The number of hydrogen-bond donors (Lipinski definition) is 0. The summed E-state index contributed by atoms with van der Waals surface area (Å²) in [4.78, 5) is 8.94. The molecule has 0 amide bonds. The molecule has 0 unspecified atom stereocenters. The van der Waals surface area contributed by atoms with Gasteiger partial charge in [0, 0.05) is 58.4 Å². The minimum atomic E-state index is -3.08. The zero-order valence-electron chi connectivity index (χ0n) is 14.4. The number of piperazine rings is 1. The van der Waals surface area contributed by atoms with E-state index in [9.17, 15) is 8.42 Å². The van der Waals surface area contributed by atoms with Crippen LogP contribution in [0.4, 0.5) is 5.82 Å². The summed E-state index contributed by atoms with van der Waals surface area (Å²) in [5.41, 5.74) is 1.18. The van der Waals surface area contributed by atoms with Gasteiger partial charge in [0.1, 0.15) is 5.82 Å². The van der Waals surface area contributed by atoms with E-state index in [0.29, 0.717) is 13.1 Å². The van der Waals surface area contributed by atoms with Gasteiger partial charge < -0.3 is 4.90 Å². The molecule has 1 saturated heterocycles. The molecule has 0 saturated carbocycles. The second-order valence-corrected chi connectivity index (χ2v) is 8.47. The molecule has 24 heavy (non-hydrogen) atoms. The summed E-state index contributed by atoms with van der Waals surface area (Å²) in [5.74, 6) is 0.969. The van der Waals surface area contributed by atoms with Gasteiger partial charge in [-0.05, 0) is 10.9 Å². The standard InChI is InChI=1S/C17H24N4O2S/c1-19(2)17-16-7-5-4-6-15(16)14(12-18-17)13-20-8-10-21(11-9-20)24(3,22)23/h4-7,12H,8-11,13H2,1-3H3. The van der Waals surface area contributed by atoms with E-state index in [2.05, 4.69) is 22.0 Å². The summed E-state index contributed by atoms with van der Waals surface area (Å²) < 4.78 is 24.8. The Bertz CT molecular complexity index is 828. The lowest BCUT2D eigenvalue weighted by atomic mass is 10.1. The zero-order chi connectivity index (χ0) is 17.3. The molecule has 1 aromatic carbocycles. The summed E-state index contributed by atoms with van der Waals surface area (Å²) in [6.07, 6.45) is 3.22. The van der Waals surface area contributed by atoms with E-state index in [4.69, 9.17) is 0 Å². The van der Waals surface area contributed by atoms with E-state index in [1.165, 1.54) is 17.2 Å². The van der Waals surface area contributed by atoms with E-state index in [1.54, 1.807) is 4.31 Å². The van der Waals surface area contributed by atoms with Gasteiger partial charge in [0.05, 0.1) is 6.26 Å². The van der Waals surface area contributed by atoms with E-state index in [0.717, 1.165) is 30.8 Å². The molecule has 0 atom stereocenters. The molecule has 7 heteroatoms. The Morgan fingerprint density at radius 3 is 2.29 bits per heavy atom. The van der Waals surface area contributed by atoms with Gasteiger partial charge in [0.25, 0.3) is 0 Å². The van der Waals surface area contributed by atoms with E-state index in [-0.39, 0.29) is 0 Å². The molecule has 0 aliphatic carbocycles. The monoisotopic (exact) mass is 348 g/mol. The number of benzene rings is 1. The Labute approximate surface area is 143 Å². The second kappa shape index (κ2) is 6.66. The van der Waals surface area contributed by atoms with Crippen LogP contribution in [0.2, 0.25) is 0 Å². The lowest BCUT2D eigenvalue weighted by Gasteiger charge is -2.33. The van der Waals surface area contributed by atoms with Gasteiger partial charge in [-0.15, -0.1) is 0 Å². The summed E-state index contributed by atoms with van der Waals surface area (Å²) in [7, 11) is 0.915. The molecule has 1 aliphatic heterocycles. The zero-order valence-corrected chi connectivity index (χ0v) is 15.3. The first-order valence-corrected chi connectivity index (χ1v) is 9.92. The van der Waals surface area contributed by atoms with E-state index >= 15 is 0 Å². The predicted molar refractivity (Wildman–Crippen MR) is 97.8 cm³/mol. The Balaban J connectivity index is 1.81. The average Bonchev–Trinajstić information content (AvgIpc) is 2.54. The molecule has 0 radical (unpaired) electrons. The maximum absolute atomic E-state index is 11.6. The van der Waals surface area contributed by atoms with Crippen molar-refractivity contribution in [2.24, 2.45) is 0 Å². The fraction of sp³-hybridized carbons (Fsp3) is 0.471. The highest BCUT2D eigenvalue weighted by atomic mass is 32.2. The first kappa shape index (κ1) is 17.1. The summed E-state index contributed by atoms with van der Waals surface area (Å²) in [6, 6.07) is 8.31. The molecule has 1 aromatic heterocycles. The van der Waals surface area contributed by atoms with Crippen LogP contribution >= 0.6 is 0 Å². The minimum Gasteiger partial charge on any atom is -0.362 e. The molecule has 1 aliphatic rings. The van der Waals surface area contributed by atoms with Gasteiger partial charge in [-0.3, -0.25) is 4.90 Å². The molecule has 130 valence electrons. The smallest absolute Gasteiger partial charge is 0.211 e.